The van der Waals surface area contributed by atoms with Crippen molar-refractivity contribution in [2.45, 2.75) is 25.7 Å². The fraction of sp³-hybridized carbons (Fsp3) is 0.294. The Labute approximate surface area is 254 Å². The summed E-state index contributed by atoms with van der Waals surface area (Å²) in [5, 5.41) is 4.42. The van der Waals surface area contributed by atoms with Crippen LogP contribution in [0, 0.1) is 6.92 Å². The number of hydrogen-bond donors (Lipinski definition) is 1. The van der Waals surface area contributed by atoms with Gasteiger partial charge in [0.2, 0.25) is 0 Å². The zero-order chi connectivity index (χ0) is 30.4. The molecule has 222 valence electrons. The third-order valence-corrected chi connectivity index (χ3v) is 9.57. The van der Waals surface area contributed by atoms with Crippen LogP contribution in [0.15, 0.2) is 71.3 Å². The number of furan rings is 1. The largest absolute Gasteiger partial charge is 0.593 e. The predicted molar refractivity (Wildman–Crippen MR) is 173 cm³/mol. The number of hydrogen-bond acceptors (Lipinski definition) is 5. The smallest absolute Gasteiger partial charge is 0.256 e. The Hall–Kier alpha value is -4.21. The first kappa shape index (κ1) is 28.9. The van der Waals surface area contributed by atoms with Gasteiger partial charge in [-0.15, -0.1) is 0 Å². The molecule has 1 fully saturated rings. The highest BCUT2D eigenvalue weighted by atomic mass is 32.2. The average Bonchev–Trinajstić information content (AvgIpc) is 3.57. The van der Waals surface area contributed by atoms with Crippen molar-refractivity contribution >= 4 is 50.7 Å². The van der Waals surface area contributed by atoms with Crippen molar-refractivity contribution in [3.8, 4) is 11.3 Å². The maximum absolute atomic E-state index is 13.9. The minimum Gasteiger partial charge on any atom is -0.593 e. The second-order valence-electron chi connectivity index (χ2n) is 11.3. The zero-order valence-electron chi connectivity index (χ0n) is 25.1. The molecule has 6 rings (SSSR count). The van der Waals surface area contributed by atoms with Gasteiger partial charge in [-0.3, -0.25) is 9.59 Å². The number of rotatable bonds is 6. The summed E-state index contributed by atoms with van der Waals surface area (Å²) in [7, 11) is 5.37. The standard InChI is InChI=1S/C34H36N4O4S/c1-21-12-14-22(15-13-21)32-31(33(39)35-2)26-17-25(29(18-30(26)42-32)37(4)43(5)41)23-9-8-16-38(19-23)34(40)27-20-36(3)28-11-7-6-10-24(27)28/h6-7,10-15,17-18,20,23H,8-9,16,19H2,1-5H3,(H,35,39)/t23-,43?/m0/s1. The van der Waals surface area contributed by atoms with Crippen molar-refractivity contribution in [1.29, 1.82) is 0 Å². The maximum Gasteiger partial charge on any atom is 0.256 e. The van der Waals surface area contributed by atoms with E-state index in [1.165, 1.54) is 0 Å². The number of likely N-dealkylation sites (tertiary alicyclic amines) is 1. The van der Waals surface area contributed by atoms with Gasteiger partial charge in [-0.2, -0.15) is 4.31 Å². The Kier molecular flexibility index (Phi) is 7.70. The lowest BCUT2D eigenvalue weighted by atomic mass is 9.87. The monoisotopic (exact) mass is 596 g/mol. The second-order valence-corrected chi connectivity index (χ2v) is 12.7. The van der Waals surface area contributed by atoms with E-state index in [1.54, 1.807) is 24.7 Å². The number of carbonyl (C=O) groups excluding carboxylic acids is 2. The number of carbonyl (C=O) groups is 2. The van der Waals surface area contributed by atoms with E-state index in [4.69, 9.17) is 4.42 Å². The third kappa shape index (κ3) is 5.17. The van der Waals surface area contributed by atoms with Crippen LogP contribution in [0.5, 0.6) is 0 Å². The van der Waals surface area contributed by atoms with Gasteiger partial charge in [0, 0.05) is 67.2 Å². The SMILES string of the molecule is CNC(=O)c1c(-c2ccc(C)cc2)oc2cc(N(C)[S+](C)[O-])c([C@H]3CCCN(C(=O)c4cn(C)c5ccccc45)C3)cc12. The van der Waals surface area contributed by atoms with Crippen molar-refractivity contribution in [3.63, 3.8) is 0 Å². The Bertz CT molecular complexity index is 1840. The van der Waals surface area contributed by atoms with E-state index in [2.05, 4.69) is 5.32 Å². The average molecular weight is 597 g/mol. The Morgan fingerprint density at radius 1 is 1.09 bits per heavy atom. The molecule has 2 aromatic heterocycles. The van der Waals surface area contributed by atoms with E-state index in [0.29, 0.717) is 40.9 Å². The van der Waals surface area contributed by atoms with Gasteiger partial charge in [0.05, 0.1) is 35.2 Å². The van der Waals surface area contributed by atoms with Gasteiger partial charge in [0.25, 0.3) is 11.8 Å². The molecule has 43 heavy (non-hydrogen) atoms. The van der Waals surface area contributed by atoms with E-state index < -0.39 is 11.4 Å². The number of amides is 2. The quantitative estimate of drug-likeness (QED) is 0.243. The molecular formula is C34H36N4O4S. The summed E-state index contributed by atoms with van der Waals surface area (Å²) in [6.07, 6.45) is 5.25. The molecule has 1 saturated heterocycles. The van der Waals surface area contributed by atoms with Crippen molar-refractivity contribution in [3.05, 3.63) is 89.1 Å². The topological polar surface area (TPSA) is 93.8 Å². The summed E-state index contributed by atoms with van der Waals surface area (Å²) in [6.45, 7) is 3.20. The van der Waals surface area contributed by atoms with Crippen molar-refractivity contribution in [2.24, 2.45) is 7.05 Å². The molecular weight excluding hydrogens is 560 g/mol. The number of aromatic nitrogens is 1. The number of anilines is 1. The molecule has 2 amide bonds. The van der Waals surface area contributed by atoms with Crippen LogP contribution in [-0.4, -0.2) is 59.3 Å². The van der Waals surface area contributed by atoms with Gasteiger partial charge in [0.15, 0.2) is 0 Å². The van der Waals surface area contributed by atoms with E-state index in [1.807, 2.05) is 90.3 Å². The van der Waals surface area contributed by atoms with Crippen LogP contribution in [0.3, 0.4) is 0 Å². The van der Waals surface area contributed by atoms with Gasteiger partial charge in [-0.05, 0) is 37.5 Å². The molecule has 1 unspecified atom stereocenters. The highest BCUT2D eigenvalue weighted by molar-refractivity contribution is 7.92. The first-order valence-corrected chi connectivity index (χ1v) is 16.0. The lowest BCUT2D eigenvalue weighted by Gasteiger charge is -2.34. The molecule has 0 bridgehead atoms. The molecule has 3 heterocycles. The summed E-state index contributed by atoms with van der Waals surface area (Å²) in [6, 6.07) is 19.7. The molecule has 0 spiro atoms. The first-order valence-electron chi connectivity index (χ1n) is 14.5. The molecule has 9 heteroatoms. The number of para-hydroxylation sites is 1. The minimum absolute atomic E-state index is 0.00701. The van der Waals surface area contributed by atoms with Crippen molar-refractivity contribution in [2.75, 3.05) is 37.7 Å². The van der Waals surface area contributed by atoms with E-state index in [0.717, 1.165) is 46.1 Å². The Balaban J connectivity index is 1.45. The van der Waals surface area contributed by atoms with Crippen LogP contribution >= 0.6 is 0 Å². The van der Waals surface area contributed by atoms with Gasteiger partial charge in [-0.1, -0.05) is 48.0 Å². The predicted octanol–water partition coefficient (Wildman–Crippen LogP) is 6.01. The highest BCUT2D eigenvalue weighted by Gasteiger charge is 2.32. The first-order chi connectivity index (χ1) is 20.7. The summed E-state index contributed by atoms with van der Waals surface area (Å²) in [4.78, 5) is 29.1. The molecule has 1 aliphatic rings. The Morgan fingerprint density at radius 2 is 1.84 bits per heavy atom. The fourth-order valence-electron chi connectivity index (χ4n) is 6.24. The molecule has 3 aromatic carbocycles. The summed E-state index contributed by atoms with van der Waals surface area (Å²) < 4.78 is 22.8. The number of nitrogens with one attached hydrogen (secondary N) is 1. The molecule has 0 aliphatic carbocycles. The fourth-order valence-corrected chi connectivity index (χ4v) is 6.68. The van der Waals surface area contributed by atoms with Crippen LogP contribution in [0.1, 0.15) is 50.6 Å². The molecule has 5 aromatic rings. The van der Waals surface area contributed by atoms with Gasteiger partial charge < -0.3 is 23.8 Å². The Morgan fingerprint density at radius 3 is 2.56 bits per heavy atom. The number of fused-ring (bicyclic) bond motifs is 2. The van der Waals surface area contributed by atoms with E-state index in [9.17, 15) is 14.1 Å². The van der Waals surface area contributed by atoms with Gasteiger partial charge >= 0.3 is 0 Å². The maximum atomic E-state index is 13.9. The van der Waals surface area contributed by atoms with Crippen molar-refractivity contribution < 1.29 is 18.6 Å². The molecule has 2 atom stereocenters. The lowest BCUT2D eigenvalue weighted by molar-refractivity contribution is 0.0709. The molecule has 0 saturated carbocycles. The van der Waals surface area contributed by atoms with Crippen molar-refractivity contribution in [1.82, 2.24) is 14.8 Å². The normalized spacial score (nSPS) is 16.0. The van der Waals surface area contributed by atoms with Crippen LogP contribution in [0.2, 0.25) is 0 Å². The van der Waals surface area contributed by atoms with Crippen LogP contribution in [0.4, 0.5) is 5.69 Å². The molecule has 1 aliphatic heterocycles. The van der Waals surface area contributed by atoms with Crippen LogP contribution in [-0.2, 0) is 18.4 Å². The van der Waals surface area contributed by atoms with E-state index in [-0.39, 0.29) is 17.7 Å². The second kappa shape index (κ2) is 11.5. The number of aryl methyl sites for hydroxylation is 2. The highest BCUT2D eigenvalue weighted by Crippen LogP contribution is 2.42. The minimum atomic E-state index is -1.30. The summed E-state index contributed by atoms with van der Waals surface area (Å²) in [5.41, 5.74) is 6.36. The molecule has 0 radical (unpaired) electrons. The summed E-state index contributed by atoms with van der Waals surface area (Å²) >= 11 is -1.30. The summed E-state index contributed by atoms with van der Waals surface area (Å²) in [5.74, 6) is 0.242. The van der Waals surface area contributed by atoms with Crippen LogP contribution in [0.25, 0.3) is 33.2 Å². The van der Waals surface area contributed by atoms with Crippen LogP contribution < -0.4 is 9.62 Å². The zero-order valence-corrected chi connectivity index (χ0v) is 26.0. The molecule has 1 N–H and O–H groups in total. The van der Waals surface area contributed by atoms with E-state index >= 15 is 0 Å². The third-order valence-electron chi connectivity index (χ3n) is 8.61. The lowest BCUT2D eigenvalue weighted by Crippen LogP contribution is -2.39. The number of nitrogens with zero attached hydrogens (tertiary/aromatic N) is 3. The number of piperidine rings is 1. The number of benzene rings is 3. The van der Waals surface area contributed by atoms with Gasteiger partial charge in [0.1, 0.15) is 17.6 Å². The van der Waals surface area contributed by atoms with Gasteiger partial charge in [-0.25, -0.2) is 0 Å². The molecule has 8 nitrogen and oxygen atoms in total.